The summed E-state index contributed by atoms with van der Waals surface area (Å²) in [6.07, 6.45) is 3.21. The third kappa shape index (κ3) is 5.21. The Morgan fingerprint density at radius 2 is 2.05 bits per heavy atom. The van der Waals surface area contributed by atoms with Gasteiger partial charge in [0.2, 0.25) is 0 Å². The molecule has 1 N–H and O–H groups in total. The summed E-state index contributed by atoms with van der Waals surface area (Å²) >= 11 is 0. The van der Waals surface area contributed by atoms with Crippen LogP contribution in [0, 0.1) is 0 Å². The number of esters is 1. The molecule has 1 heterocycles. The van der Waals surface area contributed by atoms with E-state index in [1.807, 2.05) is 6.92 Å². The van der Waals surface area contributed by atoms with Crippen LogP contribution >= 0.6 is 0 Å². The summed E-state index contributed by atoms with van der Waals surface area (Å²) in [5.74, 6) is -0.367. The van der Waals surface area contributed by atoms with E-state index >= 15 is 0 Å². The predicted molar refractivity (Wildman–Crippen MR) is 83.4 cm³/mol. The standard InChI is InChI=1S/C17H28O5/c1-6-21-15(19)11-12(2)7-8-13(18)17(5)10-9-14(22-17)16(3,4)20/h11,14,20H,6-10H2,1-5H3/b12-11+/t14-,17-/m1/s1. The Morgan fingerprint density at radius 3 is 2.55 bits per heavy atom. The van der Waals surface area contributed by atoms with Gasteiger partial charge < -0.3 is 14.6 Å². The SMILES string of the molecule is CCOC(=O)/C=C(\C)CCC(=O)[C@@]1(C)CC[C@H](C(C)(C)O)O1. The van der Waals surface area contributed by atoms with E-state index in [2.05, 4.69) is 0 Å². The number of carbonyl (C=O) groups is 2. The number of hydrogen-bond donors (Lipinski definition) is 1. The highest BCUT2D eigenvalue weighted by Crippen LogP contribution is 2.36. The van der Waals surface area contributed by atoms with Gasteiger partial charge in [0.1, 0.15) is 5.60 Å². The minimum absolute atomic E-state index is 0.0101. The average molecular weight is 312 g/mol. The summed E-state index contributed by atoms with van der Waals surface area (Å²) in [5, 5.41) is 10.0. The molecule has 0 unspecified atom stereocenters. The van der Waals surface area contributed by atoms with Gasteiger partial charge in [-0.05, 0) is 53.9 Å². The predicted octanol–water partition coefficient (Wildman–Crippen LogP) is 2.55. The van der Waals surface area contributed by atoms with Crippen LogP contribution in [0.2, 0.25) is 0 Å². The molecule has 0 aromatic carbocycles. The molecule has 1 rings (SSSR count). The number of ketones is 1. The molecule has 0 aromatic rings. The van der Waals surface area contributed by atoms with E-state index in [0.29, 0.717) is 32.3 Å². The van der Waals surface area contributed by atoms with Crippen molar-refractivity contribution in [2.75, 3.05) is 6.61 Å². The first kappa shape index (κ1) is 18.8. The van der Waals surface area contributed by atoms with Gasteiger partial charge in [-0.2, -0.15) is 0 Å². The summed E-state index contributed by atoms with van der Waals surface area (Å²) < 4.78 is 10.7. The van der Waals surface area contributed by atoms with E-state index in [4.69, 9.17) is 9.47 Å². The molecule has 0 aromatic heterocycles. The summed E-state index contributed by atoms with van der Waals surface area (Å²) in [4.78, 5) is 23.7. The van der Waals surface area contributed by atoms with Gasteiger partial charge in [0.25, 0.3) is 0 Å². The fraction of sp³-hybridized carbons (Fsp3) is 0.765. The molecule has 1 fully saturated rings. The highest BCUT2D eigenvalue weighted by atomic mass is 16.5. The molecular formula is C17H28O5. The third-order valence-electron chi connectivity index (χ3n) is 4.06. The molecule has 1 aliphatic heterocycles. The lowest BCUT2D eigenvalue weighted by atomic mass is 9.91. The van der Waals surface area contributed by atoms with Crippen LogP contribution in [-0.2, 0) is 19.1 Å². The first-order valence-electron chi connectivity index (χ1n) is 7.86. The molecule has 5 heteroatoms. The Labute approximate surface area is 132 Å². The lowest BCUT2D eigenvalue weighted by molar-refractivity contribution is -0.152. The van der Waals surface area contributed by atoms with Crippen molar-refractivity contribution in [1.82, 2.24) is 0 Å². The molecule has 0 radical (unpaired) electrons. The Kier molecular flexibility index (Phi) is 6.32. The van der Waals surface area contributed by atoms with Crippen LogP contribution in [0.25, 0.3) is 0 Å². The zero-order valence-electron chi connectivity index (χ0n) is 14.3. The summed E-state index contributed by atoms with van der Waals surface area (Å²) in [5.41, 5.74) is -0.973. The second-order valence-corrected chi connectivity index (χ2v) is 6.70. The Bertz CT molecular complexity index is 446. The second kappa shape index (κ2) is 7.38. The van der Waals surface area contributed by atoms with Gasteiger partial charge >= 0.3 is 5.97 Å². The van der Waals surface area contributed by atoms with Crippen molar-refractivity contribution in [2.24, 2.45) is 0 Å². The third-order valence-corrected chi connectivity index (χ3v) is 4.06. The number of rotatable bonds is 7. The van der Waals surface area contributed by atoms with Crippen LogP contribution in [0.15, 0.2) is 11.6 Å². The molecule has 126 valence electrons. The smallest absolute Gasteiger partial charge is 0.330 e. The molecule has 0 spiro atoms. The van der Waals surface area contributed by atoms with Crippen molar-refractivity contribution < 1.29 is 24.2 Å². The van der Waals surface area contributed by atoms with Crippen molar-refractivity contribution in [3.05, 3.63) is 11.6 Å². The fourth-order valence-corrected chi connectivity index (χ4v) is 2.57. The van der Waals surface area contributed by atoms with Crippen LogP contribution in [0.3, 0.4) is 0 Å². The van der Waals surface area contributed by atoms with Gasteiger partial charge in [0.15, 0.2) is 5.78 Å². The number of hydrogen-bond acceptors (Lipinski definition) is 5. The van der Waals surface area contributed by atoms with Crippen LogP contribution < -0.4 is 0 Å². The molecule has 1 aliphatic rings. The lowest BCUT2D eigenvalue weighted by Crippen LogP contribution is -2.41. The van der Waals surface area contributed by atoms with Gasteiger partial charge in [0, 0.05) is 12.5 Å². The monoisotopic (exact) mass is 312 g/mol. The maximum atomic E-state index is 12.4. The van der Waals surface area contributed by atoms with Gasteiger partial charge in [-0.15, -0.1) is 0 Å². The summed E-state index contributed by atoms with van der Waals surface area (Å²) in [6.45, 7) is 9.07. The number of aliphatic hydroxyl groups is 1. The number of ether oxygens (including phenoxy) is 2. The molecule has 0 bridgehead atoms. The molecule has 2 atom stereocenters. The zero-order valence-corrected chi connectivity index (χ0v) is 14.3. The van der Waals surface area contributed by atoms with Crippen molar-refractivity contribution >= 4 is 11.8 Å². The van der Waals surface area contributed by atoms with E-state index < -0.39 is 11.2 Å². The van der Waals surface area contributed by atoms with Crippen LogP contribution in [0.4, 0.5) is 0 Å². The maximum absolute atomic E-state index is 12.4. The molecule has 1 saturated heterocycles. The van der Waals surface area contributed by atoms with Crippen molar-refractivity contribution in [2.45, 2.75) is 77.6 Å². The normalized spacial score (nSPS) is 26.1. The molecule has 0 aliphatic carbocycles. The molecule has 0 amide bonds. The minimum Gasteiger partial charge on any atom is -0.463 e. The highest BCUT2D eigenvalue weighted by Gasteiger charge is 2.46. The van der Waals surface area contributed by atoms with Crippen molar-refractivity contribution in [3.8, 4) is 0 Å². The fourth-order valence-electron chi connectivity index (χ4n) is 2.57. The van der Waals surface area contributed by atoms with Crippen molar-refractivity contribution in [3.63, 3.8) is 0 Å². The van der Waals surface area contributed by atoms with Crippen LogP contribution in [0.1, 0.15) is 60.3 Å². The van der Waals surface area contributed by atoms with E-state index in [-0.39, 0.29) is 17.9 Å². The van der Waals surface area contributed by atoms with Gasteiger partial charge in [-0.1, -0.05) is 5.57 Å². The van der Waals surface area contributed by atoms with E-state index in [1.165, 1.54) is 6.08 Å². The second-order valence-electron chi connectivity index (χ2n) is 6.70. The number of carbonyl (C=O) groups excluding carboxylic acids is 2. The largest absolute Gasteiger partial charge is 0.463 e. The molecule has 5 nitrogen and oxygen atoms in total. The average Bonchev–Trinajstić information content (AvgIpc) is 2.80. The number of Topliss-reactive ketones (excluding diaryl/α,β-unsaturated/α-hetero) is 1. The topological polar surface area (TPSA) is 72.8 Å². The Balaban J connectivity index is 2.54. The van der Waals surface area contributed by atoms with Gasteiger partial charge in [-0.3, -0.25) is 4.79 Å². The van der Waals surface area contributed by atoms with Crippen molar-refractivity contribution in [1.29, 1.82) is 0 Å². The van der Waals surface area contributed by atoms with E-state index in [1.54, 1.807) is 27.7 Å². The quantitative estimate of drug-likeness (QED) is 0.578. The molecule has 0 saturated carbocycles. The number of allylic oxidation sites excluding steroid dienone is 1. The summed E-state index contributed by atoms with van der Waals surface area (Å²) in [6, 6.07) is 0. The minimum atomic E-state index is -0.947. The van der Waals surface area contributed by atoms with Crippen LogP contribution in [0.5, 0.6) is 0 Å². The maximum Gasteiger partial charge on any atom is 0.330 e. The highest BCUT2D eigenvalue weighted by molar-refractivity contribution is 5.88. The first-order chi connectivity index (χ1) is 10.1. The van der Waals surface area contributed by atoms with E-state index in [0.717, 1.165) is 5.57 Å². The Morgan fingerprint density at radius 1 is 1.41 bits per heavy atom. The molecule has 22 heavy (non-hydrogen) atoms. The van der Waals surface area contributed by atoms with E-state index in [9.17, 15) is 14.7 Å². The van der Waals surface area contributed by atoms with Gasteiger partial charge in [-0.25, -0.2) is 4.79 Å². The molecular weight excluding hydrogens is 284 g/mol. The Hall–Kier alpha value is -1.20. The lowest BCUT2D eigenvalue weighted by Gasteiger charge is -2.29. The van der Waals surface area contributed by atoms with Crippen LogP contribution in [-0.4, -0.2) is 40.8 Å². The first-order valence-corrected chi connectivity index (χ1v) is 7.86. The van der Waals surface area contributed by atoms with Gasteiger partial charge in [0.05, 0.1) is 18.3 Å². The summed E-state index contributed by atoms with van der Waals surface area (Å²) in [7, 11) is 0. The zero-order chi connectivity index (χ0) is 17.0.